The fourth-order valence-corrected chi connectivity index (χ4v) is 1.36. The molecule has 0 aromatic rings. The first kappa shape index (κ1) is 10.3. The van der Waals surface area contributed by atoms with Crippen LogP contribution in [0.2, 0.25) is 0 Å². The van der Waals surface area contributed by atoms with Crippen LogP contribution in [0.4, 0.5) is 0 Å². The Morgan fingerprint density at radius 3 is 2.93 bits per heavy atom. The normalized spacial score (nSPS) is 24.1. The van der Waals surface area contributed by atoms with Crippen molar-refractivity contribution in [2.75, 3.05) is 0 Å². The first-order valence-electron chi connectivity index (χ1n) is 4.42. The van der Waals surface area contributed by atoms with E-state index in [1.807, 2.05) is 26.0 Å². The van der Waals surface area contributed by atoms with Crippen molar-refractivity contribution in [3.05, 3.63) is 36.2 Å². The van der Waals surface area contributed by atoms with E-state index < -0.39 is 0 Å². The Balaban J connectivity index is 2.93. The summed E-state index contributed by atoms with van der Waals surface area (Å²) in [7, 11) is 0. The summed E-state index contributed by atoms with van der Waals surface area (Å²) in [4.78, 5) is 3.85. The average Bonchev–Trinajstić information content (AvgIpc) is 2.44. The fraction of sp³-hybridized carbons (Fsp3) is 0.273. The highest BCUT2D eigenvalue weighted by Crippen LogP contribution is 2.15. The van der Waals surface area contributed by atoms with Crippen molar-refractivity contribution in [3.63, 3.8) is 0 Å². The van der Waals surface area contributed by atoms with Gasteiger partial charge in [0.05, 0.1) is 0 Å². The van der Waals surface area contributed by atoms with Crippen LogP contribution in [0.3, 0.4) is 0 Å². The Labute approximate surface area is 84.2 Å². The molecule has 0 fully saturated rings. The summed E-state index contributed by atoms with van der Waals surface area (Å²) in [5, 5.41) is 12.0. The van der Waals surface area contributed by atoms with E-state index in [-0.39, 0.29) is 6.04 Å². The lowest BCUT2D eigenvalue weighted by molar-refractivity contribution is 0.745. The minimum Gasteiger partial charge on any atom is -0.382 e. The molecule has 1 atom stereocenters. The van der Waals surface area contributed by atoms with Gasteiger partial charge in [0.25, 0.3) is 0 Å². The lowest BCUT2D eigenvalue weighted by atomic mass is 10.1. The Kier molecular flexibility index (Phi) is 3.24. The van der Waals surface area contributed by atoms with Crippen LogP contribution in [0.1, 0.15) is 13.8 Å². The number of allylic oxidation sites excluding steroid dienone is 2. The van der Waals surface area contributed by atoms with Crippen molar-refractivity contribution in [1.29, 1.82) is 5.26 Å². The number of rotatable bonds is 2. The van der Waals surface area contributed by atoms with E-state index in [0.29, 0.717) is 5.71 Å². The van der Waals surface area contributed by atoms with E-state index in [2.05, 4.69) is 16.9 Å². The molecular weight excluding hydrogens is 174 g/mol. The maximum absolute atomic E-state index is 8.76. The Morgan fingerprint density at radius 2 is 2.50 bits per heavy atom. The summed E-state index contributed by atoms with van der Waals surface area (Å²) in [6.45, 7) is 7.50. The molecule has 3 heteroatoms. The summed E-state index contributed by atoms with van der Waals surface area (Å²) >= 11 is 0. The van der Waals surface area contributed by atoms with Crippen molar-refractivity contribution < 1.29 is 0 Å². The molecule has 3 nitrogen and oxygen atoms in total. The van der Waals surface area contributed by atoms with Crippen LogP contribution in [0.15, 0.2) is 41.2 Å². The summed E-state index contributed by atoms with van der Waals surface area (Å²) in [5.41, 5.74) is 2.57. The van der Waals surface area contributed by atoms with Crippen molar-refractivity contribution in [1.82, 2.24) is 5.32 Å². The molecule has 1 heterocycles. The largest absolute Gasteiger partial charge is 0.382 e. The topological polar surface area (TPSA) is 48.2 Å². The monoisotopic (exact) mass is 187 g/mol. The SMILES string of the molecule is C=CN=C(C#N)/C=C1/C=C(C)NC1C. The predicted octanol–water partition coefficient (Wildman–Crippen LogP) is 1.92. The summed E-state index contributed by atoms with van der Waals surface area (Å²) in [6, 6.07) is 2.26. The molecule has 14 heavy (non-hydrogen) atoms. The number of nitrogens with zero attached hydrogens (tertiary/aromatic N) is 2. The van der Waals surface area contributed by atoms with E-state index in [4.69, 9.17) is 5.26 Å². The third-order valence-electron chi connectivity index (χ3n) is 1.98. The number of nitrogens with one attached hydrogen (secondary N) is 1. The highest BCUT2D eigenvalue weighted by molar-refractivity contribution is 6.08. The molecule has 1 rings (SSSR count). The van der Waals surface area contributed by atoms with Gasteiger partial charge in [0.1, 0.15) is 11.8 Å². The molecule has 1 N–H and O–H groups in total. The molecule has 0 bridgehead atoms. The summed E-state index contributed by atoms with van der Waals surface area (Å²) < 4.78 is 0. The van der Waals surface area contributed by atoms with Crippen LogP contribution >= 0.6 is 0 Å². The van der Waals surface area contributed by atoms with Crippen LogP contribution < -0.4 is 5.32 Å². The lowest BCUT2D eigenvalue weighted by Gasteiger charge is -2.05. The van der Waals surface area contributed by atoms with Crippen LogP contribution in [-0.2, 0) is 0 Å². The van der Waals surface area contributed by atoms with Gasteiger partial charge in [0.15, 0.2) is 0 Å². The van der Waals surface area contributed by atoms with Gasteiger partial charge in [-0.1, -0.05) is 6.58 Å². The van der Waals surface area contributed by atoms with E-state index in [9.17, 15) is 0 Å². The van der Waals surface area contributed by atoms with E-state index in [1.54, 1.807) is 6.08 Å². The summed E-state index contributed by atoms with van der Waals surface area (Å²) in [5.74, 6) is 0. The molecule has 0 aromatic heterocycles. The van der Waals surface area contributed by atoms with Gasteiger partial charge in [-0.3, -0.25) is 0 Å². The molecule has 0 saturated heterocycles. The zero-order chi connectivity index (χ0) is 10.6. The van der Waals surface area contributed by atoms with Crippen molar-refractivity contribution >= 4 is 5.71 Å². The van der Waals surface area contributed by atoms with Crippen LogP contribution in [0.25, 0.3) is 0 Å². The Morgan fingerprint density at radius 1 is 1.79 bits per heavy atom. The molecule has 1 aliphatic rings. The van der Waals surface area contributed by atoms with Crippen molar-refractivity contribution in [2.24, 2.45) is 4.99 Å². The van der Waals surface area contributed by atoms with Gasteiger partial charge in [-0.25, -0.2) is 4.99 Å². The van der Waals surface area contributed by atoms with Gasteiger partial charge < -0.3 is 5.32 Å². The quantitative estimate of drug-likeness (QED) is 0.671. The first-order chi connectivity index (χ1) is 6.67. The minimum atomic E-state index is 0.248. The van der Waals surface area contributed by atoms with E-state index >= 15 is 0 Å². The summed E-state index contributed by atoms with van der Waals surface area (Å²) in [6.07, 6.45) is 5.16. The minimum absolute atomic E-state index is 0.248. The van der Waals surface area contributed by atoms with Crippen LogP contribution in [0, 0.1) is 11.3 Å². The zero-order valence-corrected chi connectivity index (χ0v) is 8.41. The first-order valence-corrected chi connectivity index (χ1v) is 4.42. The number of hydrogen-bond donors (Lipinski definition) is 1. The van der Waals surface area contributed by atoms with Gasteiger partial charge >= 0.3 is 0 Å². The molecule has 0 aliphatic carbocycles. The van der Waals surface area contributed by atoms with Gasteiger partial charge in [0, 0.05) is 17.9 Å². The van der Waals surface area contributed by atoms with Crippen molar-refractivity contribution in [3.8, 4) is 6.07 Å². The molecule has 0 spiro atoms. The maximum atomic E-state index is 8.76. The maximum Gasteiger partial charge on any atom is 0.140 e. The molecule has 0 aromatic carbocycles. The highest BCUT2D eigenvalue weighted by Gasteiger charge is 2.13. The fourth-order valence-electron chi connectivity index (χ4n) is 1.36. The molecular formula is C11H13N3. The molecule has 1 aliphatic heterocycles. The number of nitriles is 1. The third kappa shape index (κ3) is 2.33. The molecule has 0 saturated carbocycles. The molecule has 0 radical (unpaired) electrons. The molecule has 1 unspecified atom stereocenters. The zero-order valence-electron chi connectivity index (χ0n) is 8.41. The highest BCUT2D eigenvalue weighted by atomic mass is 14.9. The second-order valence-electron chi connectivity index (χ2n) is 3.15. The Bertz CT molecular complexity index is 366. The molecule has 72 valence electrons. The van der Waals surface area contributed by atoms with E-state index in [0.717, 1.165) is 11.3 Å². The van der Waals surface area contributed by atoms with Gasteiger partial charge in [-0.2, -0.15) is 5.26 Å². The standard InChI is InChI=1S/C11H13N3/c1-4-13-11(7-12)6-10-5-8(2)14-9(10)3/h4-6,9,14H,1H2,2-3H3/b10-6-,13-11?. The second-order valence-corrected chi connectivity index (χ2v) is 3.15. The van der Waals surface area contributed by atoms with Gasteiger partial charge in [0.2, 0.25) is 0 Å². The van der Waals surface area contributed by atoms with Gasteiger partial charge in [-0.15, -0.1) is 0 Å². The van der Waals surface area contributed by atoms with E-state index in [1.165, 1.54) is 6.20 Å². The third-order valence-corrected chi connectivity index (χ3v) is 1.98. The average molecular weight is 187 g/mol. The molecule has 0 amide bonds. The van der Waals surface area contributed by atoms with Crippen LogP contribution in [-0.4, -0.2) is 11.8 Å². The smallest absolute Gasteiger partial charge is 0.140 e. The lowest BCUT2D eigenvalue weighted by Crippen LogP contribution is -2.19. The van der Waals surface area contributed by atoms with Crippen molar-refractivity contribution in [2.45, 2.75) is 19.9 Å². The number of hydrogen-bond acceptors (Lipinski definition) is 3. The predicted molar refractivity (Wildman–Crippen MR) is 57.7 cm³/mol. The van der Waals surface area contributed by atoms with Gasteiger partial charge in [-0.05, 0) is 31.6 Å². The second kappa shape index (κ2) is 4.43. The Hall–Kier alpha value is -1.82. The van der Waals surface area contributed by atoms with Crippen LogP contribution in [0.5, 0.6) is 0 Å². The number of aliphatic imine (C=N–C) groups is 1.